The van der Waals surface area contributed by atoms with Gasteiger partial charge in [-0.15, -0.1) is 0 Å². The molecular weight excluding hydrogens is 512 g/mol. The normalized spacial score (nSPS) is 13.4. The first-order valence-electron chi connectivity index (χ1n) is 12.9. The maximum absolute atomic E-state index is 11.9. The van der Waals surface area contributed by atoms with Crippen molar-refractivity contribution in [2.24, 2.45) is 7.05 Å². The number of benzene rings is 2. The van der Waals surface area contributed by atoms with Crippen molar-refractivity contribution in [3.8, 4) is 17.1 Å². The molecule has 4 aromatic rings. The highest BCUT2D eigenvalue weighted by Crippen LogP contribution is 2.40. The molecule has 208 valence electrons. The first kappa shape index (κ1) is 27.0. The number of hydrogen-bond donors (Lipinski definition) is 2. The third-order valence-corrected chi connectivity index (χ3v) is 6.81. The van der Waals surface area contributed by atoms with Gasteiger partial charge in [0.15, 0.2) is 5.82 Å². The Kier molecular flexibility index (Phi) is 7.89. The molecule has 0 aliphatic carbocycles. The summed E-state index contributed by atoms with van der Waals surface area (Å²) in [7, 11) is 7.43. The lowest BCUT2D eigenvalue weighted by atomic mass is 10.0. The zero-order chi connectivity index (χ0) is 28.2. The van der Waals surface area contributed by atoms with Crippen molar-refractivity contribution in [3.05, 3.63) is 64.6 Å². The first-order valence-corrected chi connectivity index (χ1v) is 12.9. The molecule has 2 aromatic carbocycles. The standard InChI is InChI=1S/C28H32N8O4/c1-34(2)12-11-29-20-16-24(39-4)21(15-23(20)36(37)38)32-28-31-17-30-27(33-28)25-19-7-5-6-8-22(19)35(3)26(25)18-9-13-40-14-10-18/h5-9,15-17,29H,10-14H2,1-4H3,(H,30,31,32,33). The monoisotopic (exact) mass is 544 g/mol. The van der Waals surface area contributed by atoms with Crippen LogP contribution in [-0.4, -0.2) is 76.9 Å². The van der Waals surface area contributed by atoms with E-state index in [9.17, 15) is 10.1 Å². The number of likely N-dealkylation sites (N-methyl/N-ethyl adjacent to an activating group) is 1. The van der Waals surface area contributed by atoms with Crippen LogP contribution in [-0.2, 0) is 11.8 Å². The Bertz CT molecular complexity index is 1580. The Labute approximate surface area is 231 Å². The summed E-state index contributed by atoms with van der Waals surface area (Å²) in [6, 6.07) is 11.2. The average Bonchev–Trinajstić information content (AvgIpc) is 3.26. The SMILES string of the molecule is COc1cc(NCCN(C)C)c([N+](=O)[O-])cc1Nc1ncnc(-c2c(C3=CCOCC3)n(C)c3ccccc23)n1. The van der Waals surface area contributed by atoms with Crippen LogP contribution in [0.3, 0.4) is 0 Å². The number of ether oxygens (including phenoxy) is 2. The van der Waals surface area contributed by atoms with E-state index in [1.807, 2.05) is 38.2 Å². The van der Waals surface area contributed by atoms with E-state index in [4.69, 9.17) is 14.5 Å². The van der Waals surface area contributed by atoms with Crippen LogP contribution in [0.4, 0.5) is 23.0 Å². The van der Waals surface area contributed by atoms with Gasteiger partial charge in [0.25, 0.3) is 5.69 Å². The van der Waals surface area contributed by atoms with Crippen LogP contribution in [0.1, 0.15) is 12.1 Å². The highest BCUT2D eigenvalue weighted by Gasteiger charge is 2.24. The van der Waals surface area contributed by atoms with Gasteiger partial charge in [-0.25, -0.2) is 9.97 Å². The van der Waals surface area contributed by atoms with Gasteiger partial charge in [-0.3, -0.25) is 10.1 Å². The molecule has 0 fully saturated rings. The second-order valence-electron chi connectivity index (χ2n) is 9.67. The summed E-state index contributed by atoms with van der Waals surface area (Å²) in [4.78, 5) is 27.1. The van der Waals surface area contributed by atoms with E-state index in [0.29, 0.717) is 49.3 Å². The highest BCUT2D eigenvalue weighted by atomic mass is 16.6. The summed E-state index contributed by atoms with van der Waals surface area (Å²) in [5.41, 5.74) is 4.82. The number of methoxy groups -OCH3 is 1. The molecule has 0 atom stereocenters. The molecule has 1 aliphatic rings. The Morgan fingerprint density at radius 2 is 2.02 bits per heavy atom. The van der Waals surface area contributed by atoms with Crippen LogP contribution in [0.5, 0.6) is 5.75 Å². The fourth-order valence-electron chi connectivity index (χ4n) is 4.88. The molecule has 5 rings (SSSR count). The van der Waals surface area contributed by atoms with Gasteiger partial charge in [0, 0.05) is 43.2 Å². The topological polar surface area (TPSA) is 132 Å². The minimum absolute atomic E-state index is 0.0841. The quantitative estimate of drug-likeness (QED) is 0.218. The minimum Gasteiger partial charge on any atom is -0.494 e. The summed E-state index contributed by atoms with van der Waals surface area (Å²) in [5, 5.41) is 19.2. The lowest BCUT2D eigenvalue weighted by Crippen LogP contribution is -2.21. The van der Waals surface area contributed by atoms with E-state index >= 15 is 0 Å². The molecule has 12 nitrogen and oxygen atoms in total. The van der Waals surface area contributed by atoms with Gasteiger partial charge in [-0.1, -0.05) is 24.3 Å². The maximum Gasteiger partial charge on any atom is 0.294 e. The van der Waals surface area contributed by atoms with Crippen LogP contribution in [0, 0.1) is 10.1 Å². The number of nitrogens with zero attached hydrogens (tertiary/aromatic N) is 6. The van der Waals surface area contributed by atoms with Gasteiger partial charge in [0.2, 0.25) is 5.95 Å². The highest BCUT2D eigenvalue weighted by molar-refractivity contribution is 6.01. The number of aryl methyl sites for hydroxylation is 1. The molecule has 2 N–H and O–H groups in total. The number of nitro groups is 1. The van der Waals surface area contributed by atoms with Crippen molar-refractivity contribution in [3.63, 3.8) is 0 Å². The van der Waals surface area contributed by atoms with E-state index in [2.05, 4.69) is 43.4 Å². The van der Waals surface area contributed by atoms with Crippen LogP contribution in [0.2, 0.25) is 0 Å². The summed E-state index contributed by atoms with van der Waals surface area (Å²) in [6.07, 6.45) is 4.31. The summed E-state index contributed by atoms with van der Waals surface area (Å²) in [5.74, 6) is 1.15. The van der Waals surface area contributed by atoms with Gasteiger partial charge in [-0.05, 0) is 32.2 Å². The molecule has 0 amide bonds. The summed E-state index contributed by atoms with van der Waals surface area (Å²) < 4.78 is 13.3. The summed E-state index contributed by atoms with van der Waals surface area (Å²) in [6.45, 7) is 2.46. The smallest absolute Gasteiger partial charge is 0.294 e. The average molecular weight is 545 g/mol. The molecule has 2 aromatic heterocycles. The third kappa shape index (κ3) is 5.44. The van der Waals surface area contributed by atoms with Crippen molar-refractivity contribution < 1.29 is 14.4 Å². The van der Waals surface area contributed by atoms with Crippen molar-refractivity contribution in [1.82, 2.24) is 24.4 Å². The van der Waals surface area contributed by atoms with E-state index in [1.165, 1.54) is 25.1 Å². The van der Waals surface area contributed by atoms with Gasteiger partial charge in [0.05, 0.1) is 42.2 Å². The van der Waals surface area contributed by atoms with E-state index in [1.54, 1.807) is 6.07 Å². The molecule has 40 heavy (non-hydrogen) atoms. The van der Waals surface area contributed by atoms with E-state index in [0.717, 1.165) is 28.6 Å². The molecule has 0 saturated heterocycles. The number of nitro benzene ring substituents is 1. The van der Waals surface area contributed by atoms with Crippen molar-refractivity contribution >= 4 is 39.5 Å². The zero-order valence-electron chi connectivity index (χ0n) is 23.0. The molecule has 3 heterocycles. The largest absolute Gasteiger partial charge is 0.494 e. The molecule has 0 bridgehead atoms. The lowest BCUT2D eigenvalue weighted by molar-refractivity contribution is -0.383. The molecule has 0 spiro atoms. The Morgan fingerprint density at radius 1 is 1.20 bits per heavy atom. The number of fused-ring (bicyclic) bond motifs is 1. The number of hydrogen-bond acceptors (Lipinski definition) is 10. The molecular formula is C28H32N8O4. The third-order valence-electron chi connectivity index (χ3n) is 6.81. The van der Waals surface area contributed by atoms with Crippen molar-refractivity contribution in [2.75, 3.05) is 58.1 Å². The van der Waals surface area contributed by atoms with Crippen molar-refractivity contribution in [2.45, 2.75) is 6.42 Å². The van der Waals surface area contributed by atoms with Gasteiger partial charge in [-0.2, -0.15) is 4.98 Å². The minimum atomic E-state index is -0.425. The Hall–Kier alpha value is -4.55. The second kappa shape index (κ2) is 11.7. The number of anilines is 3. The van der Waals surface area contributed by atoms with Crippen LogP contribution < -0.4 is 15.4 Å². The van der Waals surface area contributed by atoms with Gasteiger partial charge < -0.3 is 29.6 Å². The number of nitrogens with one attached hydrogen (secondary N) is 2. The first-order chi connectivity index (χ1) is 19.4. The van der Waals surface area contributed by atoms with Crippen molar-refractivity contribution in [1.29, 1.82) is 0 Å². The molecule has 0 saturated carbocycles. The molecule has 12 heteroatoms. The Morgan fingerprint density at radius 3 is 2.75 bits per heavy atom. The summed E-state index contributed by atoms with van der Waals surface area (Å²) >= 11 is 0. The number of aromatic nitrogens is 4. The second-order valence-corrected chi connectivity index (χ2v) is 9.67. The van der Waals surface area contributed by atoms with Gasteiger partial charge in [0.1, 0.15) is 17.8 Å². The van der Waals surface area contributed by atoms with Crippen LogP contribution >= 0.6 is 0 Å². The number of para-hydroxylation sites is 1. The predicted molar refractivity (Wildman–Crippen MR) is 155 cm³/mol. The van der Waals surface area contributed by atoms with Crippen LogP contribution in [0.15, 0.2) is 48.8 Å². The van der Waals surface area contributed by atoms with Crippen LogP contribution in [0.25, 0.3) is 27.9 Å². The Balaban J connectivity index is 1.54. The predicted octanol–water partition coefficient (Wildman–Crippen LogP) is 4.47. The van der Waals surface area contributed by atoms with E-state index in [-0.39, 0.29) is 11.6 Å². The number of rotatable bonds is 10. The fraction of sp³-hybridized carbons (Fsp3) is 0.321. The fourth-order valence-corrected chi connectivity index (χ4v) is 4.88. The van der Waals surface area contributed by atoms with Gasteiger partial charge >= 0.3 is 0 Å². The molecule has 0 radical (unpaired) electrons. The molecule has 0 unspecified atom stereocenters. The maximum atomic E-state index is 11.9. The van der Waals surface area contributed by atoms with E-state index < -0.39 is 4.92 Å². The lowest BCUT2D eigenvalue weighted by Gasteiger charge is -2.17. The zero-order valence-corrected chi connectivity index (χ0v) is 23.0. The molecule has 1 aliphatic heterocycles.